The molecule has 0 amide bonds. The van der Waals surface area contributed by atoms with Gasteiger partial charge in [0.15, 0.2) is 6.20 Å². The van der Waals surface area contributed by atoms with Crippen molar-refractivity contribution in [2.24, 2.45) is 0 Å². The molecule has 0 aliphatic carbocycles. The Labute approximate surface area is 99.8 Å². The van der Waals surface area contributed by atoms with Crippen molar-refractivity contribution in [1.29, 1.82) is 0 Å². The van der Waals surface area contributed by atoms with Gasteiger partial charge in [0, 0.05) is 7.05 Å². The largest absolute Gasteiger partial charge is 0.478 e. The van der Waals surface area contributed by atoms with Crippen LogP contribution in [0.15, 0.2) is 12.3 Å². The molecule has 1 aromatic heterocycles. The number of nitrogens with zero attached hydrogens (tertiary/aromatic N) is 3. The van der Waals surface area contributed by atoms with Gasteiger partial charge in [0.05, 0.1) is 23.9 Å². The zero-order valence-corrected chi connectivity index (χ0v) is 9.21. The Morgan fingerprint density at radius 3 is 2.72 bits per heavy atom. The number of anilines is 1. The van der Waals surface area contributed by atoms with Crippen LogP contribution in [-0.2, 0) is 0 Å². The first-order valence-electron chi connectivity index (χ1n) is 4.70. The van der Waals surface area contributed by atoms with Crippen LogP contribution in [0.5, 0.6) is 0 Å². The third-order valence-electron chi connectivity index (χ3n) is 2.11. The molecule has 1 rings (SSSR count). The Morgan fingerprint density at radius 1 is 1.67 bits per heavy atom. The number of rotatable bonds is 5. The van der Waals surface area contributed by atoms with Gasteiger partial charge in [0.2, 0.25) is 0 Å². The second-order valence-electron chi connectivity index (χ2n) is 3.39. The highest BCUT2D eigenvalue weighted by molar-refractivity contribution is 5.94. The summed E-state index contributed by atoms with van der Waals surface area (Å²) in [5, 5.41) is 19.3. The minimum Gasteiger partial charge on any atom is -0.478 e. The number of carboxylic acids is 1. The summed E-state index contributed by atoms with van der Waals surface area (Å²) in [6.45, 7) is -0.695. The molecule has 0 radical (unpaired) electrons. The van der Waals surface area contributed by atoms with Crippen LogP contribution in [0.3, 0.4) is 0 Å². The summed E-state index contributed by atoms with van der Waals surface area (Å²) in [5.41, 5.74) is -0.548. The molecular formula is C9H9F2N3O4. The molecule has 1 heterocycles. The summed E-state index contributed by atoms with van der Waals surface area (Å²) in [7, 11) is 1.25. The fourth-order valence-electron chi connectivity index (χ4n) is 1.32. The van der Waals surface area contributed by atoms with Crippen molar-refractivity contribution in [3.05, 3.63) is 27.9 Å². The molecule has 0 saturated carbocycles. The van der Waals surface area contributed by atoms with Crippen LogP contribution in [0.1, 0.15) is 10.4 Å². The average molecular weight is 261 g/mol. The first-order chi connectivity index (χ1) is 8.32. The number of carboxylic acid groups (broad SMARTS) is 1. The van der Waals surface area contributed by atoms with E-state index in [0.717, 1.165) is 17.2 Å². The molecule has 0 aliphatic heterocycles. The predicted molar refractivity (Wildman–Crippen MR) is 57.1 cm³/mol. The van der Waals surface area contributed by atoms with E-state index in [4.69, 9.17) is 5.11 Å². The van der Waals surface area contributed by atoms with Gasteiger partial charge >= 0.3 is 11.8 Å². The third kappa shape index (κ3) is 3.09. The molecule has 0 bridgehead atoms. The van der Waals surface area contributed by atoms with E-state index in [0.29, 0.717) is 0 Å². The van der Waals surface area contributed by atoms with Crippen molar-refractivity contribution >= 4 is 17.5 Å². The van der Waals surface area contributed by atoms with Crippen LogP contribution < -0.4 is 4.90 Å². The summed E-state index contributed by atoms with van der Waals surface area (Å²) < 4.78 is 24.4. The molecule has 9 heteroatoms. The van der Waals surface area contributed by atoms with E-state index < -0.39 is 35.2 Å². The van der Waals surface area contributed by atoms with E-state index >= 15 is 0 Å². The average Bonchev–Trinajstić information content (AvgIpc) is 2.26. The first kappa shape index (κ1) is 13.7. The van der Waals surface area contributed by atoms with Crippen LogP contribution in [0.4, 0.5) is 20.3 Å². The van der Waals surface area contributed by atoms with Crippen molar-refractivity contribution in [3.8, 4) is 0 Å². The van der Waals surface area contributed by atoms with Crippen LogP contribution in [-0.4, -0.2) is 41.0 Å². The fraction of sp³-hybridized carbons (Fsp3) is 0.333. The highest BCUT2D eigenvalue weighted by Gasteiger charge is 2.22. The number of aromatic carboxylic acids is 1. The fourth-order valence-corrected chi connectivity index (χ4v) is 1.32. The zero-order valence-electron chi connectivity index (χ0n) is 9.21. The Bertz CT molecular complexity index is 481. The van der Waals surface area contributed by atoms with Crippen LogP contribution in [0.25, 0.3) is 0 Å². The van der Waals surface area contributed by atoms with E-state index in [1.54, 1.807) is 0 Å². The molecule has 7 nitrogen and oxygen atoms in total. The second-order valence-corrected chi connectivity index (χ2v) is 3.39. The molecule has 0 saturated heterocycles. The van der Waals surface area contributed by atoms with Gasteiger partial charge in [-0.05, 0) is 9.91 Å². The summed E-state index contributed by atoms with van der Waals surface area (Å²) in [5.74, 6) is -2.10. The quantitative estimate of drug-likeness (QED) is 0.635. The number of carbonyl (C=O) groups is 1. The smallest absolute Gasteiger partial charge is 0.364 e. The number of halogens is 2. The zero-order chi connectivity index (χ0) is 13.9. The van der Waals surface area contributed by atoms with Gasteiger partial charge in [-0.1, -0.05) is 0 Å². The number of hydrogen-bond acceptors (Lipinski definition) is 5. The second kappa shape index (κ2) is 5.34. The van der Waals surface area contributed by atoms with Crippen LogP contribution in [0.2, 0.25) is 0 Å². The van der Waals surface area contributed by atoms with Gasteiger partial charge in [0.1, 0.15) is 0 Å². The molecule has 98 valence electrons. The SMILES string of the molecule is CN(CC(F)F)c1cnc([N+](=O)[O-])cc1C(=O)O. The van der Waals surface area contributed by atoms with E-state index in [-0.39, 0.29) is 5.69 Å². The molecule has 18 heavy (non-hydrogen) atoms. The highest BCUT2D eigenvalue weighted by Crippen LogP contribution is 2.22. The maximum atomic E-state index is 12.2. The molecule has 0 atom stereocenters. The molecule has 0 aliphatic rings. The predicted octanol–water partition coefficient (Wildman–Crippen LogP) is 1.39. The van der Waals surface area contributed by atoms with Crippen LogP contribution in [0, 0.1) is 10.1 Å². The number of aromatic nitrogens is 1. The monoisotopic (exact) mass is 261 g/mol. The Hall–Kier alpha value is -2.32. The maximum absolute atomic E-state index is 12.2. The van der Waals surface area contributed by atoms with Gasteiger partial charge in [-0.3, -0.25) is 0 Å². The molecule has 0 aromatic carbocycles. The highest BCUT2D eigenvalue weighted by atomic mass is 19.3. The van der Waals surface area contributed by atoms with Gasteiger partial charge in [-0.2, -0.15) is 0 Å². The summed E-state index contributed by atoms with van der Waals surface area (Å²) in [6.07, 6.45) is -1.77. The molecular weight excluding hydrogens is 252 g/mol. The Balaban J connectivity index is 3.19. The lowest BCUT2D eigenvalue weighted by atomic mass is 10.2. The summed E-state index contributed by atoms with van der Waals surface area (Å²) >= 11 is 0. The van der Waals surface area contributed by atoms with E-state index in [2.05, 4.69) is 4.98 Å². The van der Waals surface area contributed by atoms with Gasteiger partial charge in [0.25, 0.3) is 6.43 Å². The normalized spacial score (nSPS) is 10.4. The number of alkyl halides is 2. The lowest BCUT2D eigenvalue weighted by Gasteiger charge is -2.18. The van der Waals surface area contributed by atoms with Crippen molar-refractivity contribution in [1.82, 2.24) is 4.98 Å². The van der Waals surface area contributed by atoms with E-state index in [1.165, 1.54) is 7.05 Å². The Morgan fingerprint density at radius 2 is 2.28 bits per heavy atom. The van der Waals surface area contributed by atoms with Gasteiger partial charge in [-0.15, -0.1) is 0 Å². The Kier molecular flexibility index (Phi) is 4.08. The van der Waals surface area contributed by atoms with Crippen LogP contribution >= 0.6 is 0 Å². The van der Waals surface area contributed by atoms with Crippen molar-refractivity contribution < 1.29 is 23.6 Å². The van der Waals surface area contributed by atoms with Crippen molar-refractivity contribution in [2.45, 2.75) is 6.43 Å². The number of nitro groups is 1. The number of pyridine rings is 1. The molecule has 0 spiro atoms. The van der Waals surface area contributed by atoms with Gasteiger partial charge in [-0.25, -0.2) is 13.6 Å². The topological polar surface area (TPSA) is 96.6 Å². The molecule has 0 unspecified atom stereocenters. The first-order valence-corrected chi connectivity index (χ1v) is 4.70. The van der Waals surface area contributed by atoms with Crippen molar-refractivity contribution in [3.63, 3.8) is 0 Å². The molecule has 0 fully saturated rings. The lowest BCUT2D eigenvalue weighted by molar-refractivity contribution is -0.389. The van der Waals surface area contributed by atoms with Gasteiger partial charge < -0.3 is 20.1 Å². The minimum absolute atomic E-state index is 0.103. The third-order valence-corrected chi connectivity index (χ3v) is 2.11. The molecule has 1 N–H and O–H groups in total. The van der Waals surface area contributed by atoms with E-state index in [1.807, 2.05) is 0 Å². The minimum atomic E-state index is -2.66. The maximum Gasteiger partial charge on any atom is 0.364 e. The summed E-state index contributed by atoms with van der Waals surface area (Å²) in [6, 6.07) is 0.736. The van der Waals surface area contributed by atoms with E-state index in [9.17, 15) is 23.7 Å². The van der Waals surface area contributed by atoms with Crippen molar-refractivity contribution in [2.75, 3.05) is 18.5 Å². The number of hydrogen-bond donors (Lipinski definition) is 1. The standard InChI is InChI=1S/C9H9F2N3O4/c1-13(4-7(10)11)6-3-12-8(14(17)18)2-5(6)9(15)16/h2-3,7H,4H2,1H3,(H,15,16). The lowest BCUT2D eigenvalue weighted by Crippen LogP contribution is -2.26. The molecule has 1 aromatic rings. The summed E-state index contributed by atoms with van der Waals surface area (Å²) in [4.78, 5) is 24.9.